The van der Waals surface area contributed by atoms with Gasteiger partial charge in [-0.25, -0.2) is 6.07 Å². The van der Waals surface area contributed by atoms with E-state index in [4.69, 9.17) is 0 Å². The molecule has 0 spiro atoms. The fourth-order valence-electron chi connectivity index (χ4n) is 8.81. The van der Waals surface area contributed by atoms with Crippen LogP contribution in [0.15, 0.2) is 84.9 Å². The molecule has 3 heteroatoms. The summed E-state index contributed by atoms with van der Waals surface area (Å²) in [5.41, 5.74) is 12.3. The van der Waals surface area contributed by atoms with Crippen molar-refractivity contribution in [3.8, 4) is 11.1 Å². The molecule has 5 aliphatic rings. The van der Waals surface area contributed by atoms with Crippen molar-refractivity contribution in [1.82, 2.24) is 0 Å². The van der Waals surface area contributed by atoms with E-state index < -0.39 is 0 Å². The number of hydrogen-bond acceptors (Lipinski definition) is 0. The van der Waals surface area contributed by atoms with E-state index in [1.807, 2.05) is 6.07 Å². The first-order chi connectivity index (χ1) is 19.9. The maximum Gasteiger partial charge on any atom is -0.0253 e. The SMILES string of the molecule is CC[C](=[Zr+2])c1ccccc1.Cc1cc(CC23CC4CC(CC(C4)C2)C3)c(C)[cH-]1.[Cl-].[Cl-].[c-]1cccc2c1Cc1ccccc1-2. The van der Waals surface area contributed by atoms with Gasteiger partial charge in [0.25, 0.3) is 0 Å². The normalized spacial score (nSPS) is 23.3. The Kier molecular flexibility index (Phi) is 12.0. The Morgan fingerprint density at radius 2 is 1.44 bits per heavy atom. The topological polar surface area (TPSA) is 0 Å². The maximum atomic E-state index is 3.30. The van der Waals surface area contributed by atoms with Crippen molar-refractivity contribution >= 4 is 3.21 Å². The molecule has 0 radical (unpaired) electrons. The van der Waals surface area contributed by atoms with Gasteiger partial charge in [0.15, 0.2) is 0 Å². The molecule has 5 aliphatic carbocycles. The zero-order valence-corrected chi connectivity index (χ0v) is 29.9. The van der Waals surface area contributed by atoms with Gasteiger partial charge in [0, 0.05) is 0 Å². The summed E-state index contributed by atoms with van der Waals surface area (Å²) in [6.45, 7) is 6.76. The standard InChI is InChI=1S/C18H25.C13H9.C9H10.2ClH.Zr/c1-12-3-13(2)17(4-12)11-18-8-14-5-15(9-18)7-16(6-14)10-18;1-3-7-12-10(5-1)9-11-6-2-4-8-13(11)12;1-2-6-9-7-4-3-5-8-9;;;/h3-4,14-16H,5-11H2,1-2H3;1-5,7-8H,9H2;3-5,7-8H,2H2,1H3;2*1H;/q2*-1;;;;+2/p-2. The van der Waals surface area contributed by atoms with Crippen LogP contribution in [0.3, 0.4) is 0 Å². The van der Waals surface area contributed by atoms with Crippen LogP contribution in [0.5, 0.6) is 0 Å². The van der Waals surface area contributed by atoms with Gasteiger partial charge < -0.3 is 24.8 Å². The predicted octanol–water partition coefficient (Wildman–Crippen LogP) is 4.01. The number of halogens is 2. The van der Waals surface area contributed by atoms with Gasteiger partial charge in [-0.3, -0.25) is 0 Å². The third kappa shape index (κ3) is 7.96. The number of hydrogen-bond donors (Lipinski definition) is 0. The predicted molar refractivity (Wildman–Crippen MR) is 170 cm³/mol. The smallest absolute Gasteiger partial charge is 0.0253 e. The molecule has 9 rings (SSSR count). The Bertz CT molecular complexity index is 1420. The van der Waals surface area contributed by atoms with Crippen molar-refractivity contribution in [3.63, 3.8) is 0 Å². The van der Waals surface area contributed by atoms with Gasteiger partial charge in [0.2, 0.25) is 0 Å². The molecule has 0 aliphatic heterocycles. The summed E-state index contributed by atoms with van der Waals surface area (Å²) in [5, 5.41) is 0. The Balaban J connectivity index is 0.000000151. The first kappa shape index (κ1) is 34.2. The van der Waals surface area contributed by atoms with Crippen molar-refractivity contribution in [2.45, 2.75) is 78.6 Å². The molecule has 224 valence electrons. The van der Waals surface area contributed by atoms with Gasteiger partial charge in [-0.2, -0.15) is 52.6 Å². The second kappa shape index (κ2) is 15.1. The molecule has 0 aromatic heterocycles. The van der Waals surface area contributed by atoms with Crippen molar-refractivity contribution in [3.05, 3.63) is 124 Å². The van der Waals surface area contributed by atoms with Crippen molar-refractivity contribution < 1.29 is 49.0 Å². The van der Waals surface area contributed by atoms with E-state index in [9.17, 15) is 0 Å². The van der Waals surface area contributed by atoms with Gasteiger partial charge in [-0.05, 0) is 68.1 Å². The van der Waals surface area contributed by atoms with E-state index >= 15 is 0 Å². The first-order valence-electron chi connectivity index (χ1n) is 15.8. The van der Waals surface area contributed by atoms with E-state index in [-0.39, 0.29) is 24.8 Å². The third-order valence-corrected chi connectivity index (χ3v) is 11.8. The molecular weight excluding hydrogens is 643 g/mol. The van der Waals surface area contributed by atoms with E-state index in [0.29, 0.717) is 5.41 Å². The van der Waals surface area contributed by atoms with E-state index in [2.05, 4.69) is 106 Å². The molecule has 43 heavy (non-hydrogen) atoms. The third-order valence-electron chi connectivity index (χ3n) is 10.2. The molecule has 4 aromatic carbocycles. The van der Waals surface area contributed by atoms with Crippen LogP contribution in [0, 0.1) is 43.1 Å². The fraction of sp³-hybridized carbons (Fsp3) is 0.400. The fourth-order valence-corrected chi connectivity index (χ4v) is 9.22. The van der Waals surface area contributed by atoms with Crippen LogP contribution in [0.4, 0.5) is 0 Å². The summed E-state index contributed by atoms with van der Waals surface area (Å²) in [6.07, 6.45) is 13.0. The monoisotopic (exact) mass is 684 g/mol. The van der Waals surface area contributed by atoms with Crippen molar-refractivity contribution in [1.29, 1.82) is 0 Å². The molecule has 4 saturated carbocycles. The summed E-state index contributed by atoms with van der Waals surface area (Å²) < 4.78 is 1.55. The second-order valence-corrected chi connectivity index (χ2v) is 14.9. The largest absolute Gasteiger partial charge is 1.00 e. The summed E-state index contributed by atoms with van der Waals surface area (Å²) >= 11 is 1.54. The Morgan fingerprint density at radius 1 is 0.837 bits per heavy atom. The van der Waals surface area contributed by atoms with Gasteiger partial charge >= 0.3 is 76.7 Å². The maximum absolute atomic E-state index is 3.30. The summed E-state index contributed by atoms with van der Waals surface area (Å²) in [6, 6.07) is 33.5. The van der Waals surface area contributed by atoms with Gasteiger partial charge in [-0.15, -0.1) is 5.56 Å². The summed E-state index contributed by atoms with van der Waals surface area (Å²) in [4.78, 5) is 0. The molecule has 0 amide bonds. The molecular formula is C40H44Cl2Zr-2. The quantitative estimate of drug-likeness (QED) is 0.251. The summed E-state index contributed by atoms with van der Waals surface area (Å²) in [5.74, 6) is 3.27. The average Bonchev–Trinajstić information content (AvgIpc) is 3.50. The number of aryl methyl sites for hydroxylation is 2. The minimum Gasteiger partial charge on any atom is -1.00 e. The number of rotatable bonds is 4. The number of fused-ring (bicyclic) bond motifs is 3. The second-order valence-electron chi connectivity index (χ2n) is 13.4. The van der Waals surface area contributed by atoms with Crippen LogP contribution >= 0.6 is 0 Å². The van der Waals surface area contributed by atoms with Gasteiger partial charge in [0.05, 0.1) is 0 Å². The Morgan fingerprint density at radius 3 is 2.05 bits per heavy atom. The molecule has 0 N–H and O–H groups in total. The molecule has 0 atom stereocenters. The van der Waals surface area contributed by atoms with Crippen molar-refractivity contribution in [2.24, 2.45) is 23.2 Å². The van der Waals surface area contributed by atoms with Gasteiger partial charge in [-0.1, -0.05) is 55.7 Å². The van der Waals surface area contributed by atoms with Crippen molar-refractivity contribution in [2.75, 3.05) is 0 Å². The van der Waals surface area contributed by atoms with E-state index in [1.165, 1.54) is 70.5 Å². The molecule has 0 nitrogen and oxygen atoms in total. The minimum absolute atomic E-state index is 0. The zero-order chi connectivity index (χ0) is 28.4. The van der Waals surface area contributed by atoms with Gasteiger partial charge in [0.1, 0.15) is 0 Å². The van der Waals surface area contributed by atoms with E-state index in [0.717, 1.165) is 24.2 Å². The van der Waals surface area contributed by atoms with Crippen LogP contribution in [0.2, 0.25) is 0 Å². The molecule has 4 aromatic rings. The first-order valence-corrected chi connectivity index (χ1v) is 17.1. The minimum atomic E-state index is 0. The molecule has 0 saturated heterocycles. The number of benzene rings is 3. The van der Waals surface area contributed by atoms with Crippen LogP contribution in [0.1, 0.15) is 85.3 Å². The molecule has 4 bridgehead atoms. The molecule has 0 unspecified atom stereocenters. The molecule has 4 fully saturated rings. The van der Waals surface area contributed by atoms with Crippen LogP contribution in [-0.4, -0.2) is 3.21 Å². The average molecular weight is 687 g/mol. The van der Waals surface area contributed by atoms with E-state index in [1.54, 1.807) is 52.9 Å². The summed E-state index contributed by atoms with van der Waals surface area (Å²) in [7, 11) is 0. The Hall–Kier alpha value is -1.66. The Labute approximate surface area is 287 Å². The van der Waals surface area contributed by atoms with Crippen LogP contribution in [-0.2, 0) is 37.1 Å². The molecule has 0 heterocycles. The van der Waals surface area contributed by atoms with Crippen LogP contribution in [0.25, 0.3) is 11.1 Å². The van der Waals surface area contributed by atoms with Crippen LogP contribution < -0.4 is 24.8 Å². The zero-order valence-electron chi connectivity index (χ0n) is 25.9.